The predicted molar refractivity (Wildman–Crippen MR) is 194 cm³/mol. The molecule has 47 heavy (non-hydrogen) atoms. The Kier molecular flexibility index (Phi) is 23.7. The van der Waals surface area contributed by atoms with Gasteiger partial charge in [-0.25, -0.2) is 9.59 Å². The Morgan fingerprint density at radius 3 is 2.11 bits per heavy atom. The minimum Gasteiger partial charge on any atom is -0.435 e. The lowest BCUT2D eigenvalue weighted by Crippen LogP contribution is -2.41. The average Bonchev–Trinajstić information content (AvgIpc) is 3.01. The van der Waals surface area contributed by atoms with Gasteiger partial charge < -0.3 is 28.1 Å². The Morgan fingerprint density at radius 2 is 1.47 bits per heavy atom. The van der Waals surface area contributed by atoms with Crippen molar-refractivity contribution in [2.45, 2.75) is 97.9 Å². The summed E-state index contributed by atoms with van der Waals surface area (Å²) in [7, 11) is 2.78. The van der Waals surface area contributed by atoms with E-state index in [0.29, 0.717) is 24.5 Å². The van der Waals surface area contributed by atoms with E-state index in [-0.39, 0.29) is 24.7 Å². The first kappa shape index (κ1) is 44.2. The van der Waals surface area contributed by atoms with Crippen LogP contribution >= 0.6 is 0 Å². The molecular formula is C38H62O8Si. The molecule has 0 saturated heterocycles. The molecule has 0 bridgehead atoms. The van der Waals surface area contributed by atoms with Crippen molar-refractivity contribution in [2.75, 3.05) is 41.5 Å². The number of carbonyl (C=O) groups is 2. The molecule has 2 atom stereocenters. The third-order valence-electron chi connectivity index (χ3n) is 7.85. The molecule has 0 radical (unpaired) electrons. The van der Waals surface area contributed by atoms with Crippen LogP contribution < -0.4 is 0 Å². The van der Waals surface area contributed by atoms with Gasteiger partial charge in [0.1, 0.15) is 0 Å². The predicted octanol–water partition coefficient (Wildman–Crippen LogP) is 8.95. The molecule has 0 unspecified atom stereocenters. The van der Waals surface area contributed by atoms with Crippen LogP contribution in [0, 0.1) is 5.92 Å². The monoisotopic (exact) mass is 674 g/mol. The summed E-state index contributed by atoms with van der Waals surface area (Å²) in [6.07, 6.45) is 26.1. The van der Waals surface area contributed by atoms with Gasteiger partial charge in [0.2, 0.25) is 0 Å². The van der Waals surface area contributed by atoms with Gasteiger partial charge in [-0.3, -0.25) is 0 Å². The number of carbonyl (C=O) groups excluding carboxylic acids is 2. The summed E-state index contributed by atoms with van der Waals surface area (Å²) >= 11 is 0. The van der Waals surface area contributed by atoms with Crippen LogP contribution in [0.2, 0.25) is 18.1 Å². The van der Waals surface area contributed by atoms with Crippen molar-refractivity contribution in [3.05, 3.63) is 83.6 Å². The van der Waals surface area contributed by atoms with Gasteiger partial charge >= 0.3 is 11.9 Å². The van der Waals surface area contributed by atoms with E-state index in [0.717, 1.165) is 36.8 Å². The lowest BCUT2D eigenvalue weighted by molar-refractivity contribution is -0.149. The van der Waals surface area contributed by atoms with Crippen LogP contribution in [0.1, 0.15) is 73.6 Å². The topological polar surface area (TPSA) is 89.5 Å². The Morgan fingerprint density at radius 1 is 0.830 bits per heavy atom. The highest BCUT2D eigenvalue weighted by Gasteiger charge is 2.36. The Balaban J connectivity index is 4.79. The second-order valence-electron chi connectivity index (χ2n) is 13.0. The van der Waals surface area contributed by atoms with Crippen LogP contribution in [0.4, 0.5) is 0 Å². The smallest absolute Gasteiger partial charge is 0.335 e. The highest BCUT2D eigenvalue weighted by atomic mass is 28.4. The summed E-state index contributed by atoms with van der Waals surface area (Å²) < 4.78 is 31.6. The molecule has 0 amide bonds. The molecule has 266 valence electrons. The summed E-state index contributed by atoms with van der Waals surface area (Å²) in [6, 6.07) is 0. The van der Waals surface area contributed by atoms with Crippen LogP contribution in [0.3, 0.4) is 0 Å². The molecule has 0 aliphatic rings. The SMILES string of the molecule is COCOC(=O)/C=C(/C=C\[C@@H](C)C/C=C/CC/C=C/C=C\C[C@@H](OC)/C(C)=C\C=C(/C)C(=O)OCOC)CCO[Si](C)(C)C(C)(C)C. The fourth-order valence-electron chi connectivity index (χ4n) is 3.72. The standard InChI is InChI=1S/C38H62O8Si/c1-31(22-25-34(28-36(39)44-29-41-7)26-27-46-47(10,11)38(4,5)6)20-18-16-14-12-13-15-17-19-21-35(43-9)32(2)23-24-33(3)37(40)45-30-42-8/h13,15-19,22-25,28,31,35H,12,14,20-21,26-27,29-30H2,1-11H3/b15-13+,18-16+,19-17-,25-22-,32-23-,33-24+,34-28-/t31-,35+/m0/s1. The number of esters is 2. The Bertz CT molecular complexity index is 1120. The van der Waals surface area contributed by atoms with Gasteiger partial charge in [-0.1, -0.05) is 88.5 Å². The first-order valence-electron chi connectivity index (χ1n) is 16.4. The van der Waals surface area contributed by atoms with Crippen molar-refractivity contribution in [2.24, 2.45) is 5.92 Å². The molecule has 9 heteroatoms. The third-order valence-corrected chi connectivity index (χ3v) is 12.4. The van der Waals surface area contributed by atoms with E-state index >= 15 is 0 Å². The van der Waals surface area contributed by atoms with E-state index in [2.05, 4.69) is 77.2 Å². The van der Waals surface area contributed by atoms with Crippen molar-refractivity contribution in [1.82, 2.24) is 0 Å². The number of hydrogen-bond donors (Lipinski definition) is 0. The fourth-order valence-corrected chi connectivity index (χ4v) is 4.77. The lowest BCUT2D eigenvalue weighted by atomic mass is 10.0. The Hall–Kier alpha value is -2.82. The van der Waals surface area contributed by atoms with Crippen molar-refractivity contribution < 1.29 is 37.7 Å². The molecule has 0 aromatic heterocycles. The van der Waals surface area contributed by atoms with Crippen LogP contribution in [-0.2, 0) is 37.7 Å². The van der Waals surface area contributed by atoms with Gasteiger partial charge in [0.15, 0.2) is 21.9 Å². The van der Waals surface area contributed by atoms with E-state index in [4.69, 9.17) is 28.1 Å². The quantitative estimate of drug-likeness (QED) is 0.0202. The maximum absolute atomic E-state index is 12.2. The van der Waals surface area contributed by atoms with E-state index in [1.807, 2.05) is 25.2 Å². The molecule has 0 rings (SSSR count). The van der Waals surface area contributed by atoms with Gasteiger partial charge in [-0.15, -0.1) is 0 Å². The number of rotatable bonds is 23. The summed E-state index contributed by atoms with van der Waals surface area (Å²) in [6.45, 7) is 17.4. The number of methoxy groups -OCH3 is 3. The van der Waals surface area contributed by atoms with Crippen molar-refractivity contribution in [1.29, 1.82) is 0 Å². The number of hydrogen-bond acceptors (Lipinski definition) is 8. The fraction of sp³-hybridized carbons (Fsp3) is 0.579. The van der Waals surface area contributed by atoms with E-state index in [1.165, 1.54) is 20.3 Å². The van der Waals surface area contributed by atoms with Gasteiger partial charge in [-0.05, 0) is 81.1 Å². The molecule has 0 aromatic rings. The van der Waals surface area contributed by atoms with Gasteiger partial charge in [-0.2, -0.15) is 0 Å². The van der Waals surface area contributed by atoms with Gasteiger partial charge in [0, 0.05) is 39.6 Å². The molecule has 8 nitrogen and oxygen atoms in total. The second kappa shape index (κ2) is 25.2. The maximum Gasteiger partial charge on any atom is 0.335 e. The first-order valence-corrected chi connectivity index (χ1v) is 19.3. The van der Waals surface area contributed by atoms with Crippen molar-refractivity contribution >= 4 is 20.3 Å². The first-order chi connectivity index (χ1) is 22.2. The van der Waals surface area contributed by atoms with Crippen LogP contribution in [0.15, 0.2) is 83.6 Å². The molecule has 0 fully saturated rings. The third kappa shape index (κ3) is 21.6. The molecule has 0 saturated carbocycles. The van der Waals surface area contributed by atoms with E-state index in [1.54, 1.807) is 20.1 Å². The number of unbranched alkanes of at least 4 members (excludes halogenated alkanes) is 1. The molecule has 0 aliphatic carbocycles. The summed E-state index contributed by atoms with van der Waals surface area (Å²) in [4.78, 5) is 24.0. The molecule has 0 aliphatic heterocycles. The molecule has 0 heterocycles. The number of ether oxygens (including phenoxy) is 5. The lowest BCUT2D eigenvalue weighted by Gasteiger charge is -2.36. The van der Waals surface area contributed by atoms with Gasteiger partial charge in [0.25, 0.3) is 0 Å². The Labute approximate surface area is 286 Å². The zero-order valence-electron chi connectivity index (χ0n) is 30.9. The largest absolute Gasteiger partial charge is 0.435 e. The maximum atomic E-state index is 12.2. The zero-order valence-corrected chi connectivity index (χ0v) is 31.9. The van der Waals surface area contributed by atoms with E-state index < -0.39 is 20.3 Å². The second-order valence-corrected chi connectivity index (χ2v) is 17.8. The summed E-state index contributed by atoms with van der Waals surface area (Å²) in [5.74, 6) is -0.502. The molecule has 0 aromatic carbocycles. The zero-order chi connectivity index (χ0) is 35.7. The minimum absolute atomic E-state index is 0.0648. The van der Waals surface area contributed by atoms with Crippen molar-refractivity contribution in [3.8, 4) is 0 Å². The highest BCUT2D eigenvalue weighted by Crippen LogP contribution is 2.36. The van der Waals surface area contributed by atoms with Crippen LogP contribution in [-0.4, -0.2) is 67.9 Å². The number of allylic oxidation sites excluding steroid dienone is 9. The minimum atomic E-state index is -1.87. The average molecular weight is 675 g/mol. The highest BCUT2D eigenvalue weighted by molar-refractivity contribution is 6.74. The van der Waals surface area contributed by atoms with E-state index in [9.17, 15) is 9.59 Å². The molecule has 0 N–H and O–H groups in total. The molecule has 0 spiro atoms. The van der Waals surface area contributed by atoms with Crippen LogP contribution in [0.5, 0.6) is 0 Å². The molecular weight excluding hydrogens is 612 g/mol. The van der Waals surface area contributed by atoms with Crippen LogP contribution in [0.25, 0.3) is 0 Å². The normalized spacial score (nSPS) is 15.3. The summed E-state index contributed by atoms with van der Waals surface area (Å²) in [5, 5.41) is 0.131. The van der Waals surface area contributed by atoms with Gasteiger partial charge in [0.05, 0.1) is 6.10 Å². The summed E-state index contributed by atoms with van der Waals surface area (Å²) in [5.41, 5.74) is 2.40. The van der Waals surface area contributed by atoms with Crippen molar-refractivity contribution in [3.63, 3.8) is 0 Å².